The molecule has 0 atom stereocenters. The Kier molecular flexibility index (Phi) is 5.60. The lowest BCUT2D eigenvalue weighted by Gasteiger charge is -2.32. The molecular weight excluding hydrogens is 308 g/mol. The van der Waals surface area contributed by atoms with Crippen molar-refractivity contribution in [2.75, 3.05) is 31.2 Å². The Bertz CT molecular complexity index is 406. The number of rotatable bonds is 5. The van der Waals surface area contributed by atoms with Crippen LogP contribution in [-0.2, 0) is 4.74 Å². The monoisotopic (exact) mass is 328 g/mol. The molecule has 1 fully saturated rings. The Balaban J connectivity index is 1.84. The number of nitrogens with zero attached hydrogens (tertiary/aromatic N) is 2. The fourth-order valence-corrected chi connectivity index (χ4v) is 2.48. The number of hydrogen-bond acceptors (Lipinski definition) is 4. The first kappa shape index (κ1) is 14.8. The predicted molar refractivity (Wildman–Crippen MR) is 79.6 cm³/mol. The van der Waals surface area contributed by atoms with Gasteiger partial charge in [-0.1, -0.05) is 0 Å². The van der Waals surface area contributed by atoms with Crippen molar-refractivity contribution in [2.24, 2.45) is 0 Å². The number of piperidine rings is 1. The van der Waals surface area contributed by atoms with Crippen LogP contribution in [0.1, 0.15) is 24.8 Å². The van der Waals surface area contributed by atoms with Gasteiger partial charge in [0.15, 0.2) is 0 Å². The molecule has 5 heteroatoms. The van der Waals surface area contributed by atoms with E-state index in [1.165, 1.54) is 5.56 Å². The summed E-state index contributed by atoms with van der Waals surface area (Å²) < 4.78 is 6.79. The molecule has 0 spiro atoms. The molecule has 0 aliphatic carbocycles. The second-order valence-corrected chi connectivity index (χ2v) is 5.78. The molecule has 0 amide bonds. The molecule has 0 bridgehead atoms. The van der Waals surface area contributed by atoms with Crippen LogP contribution in [0.4, 0.5) is 5.82 Å². The van der Waals surface area contributed by atoms with Crippen molar-refractivity contribution >= 4 is 21.7 Å². The summed E-state index contributed by atoms with van der Waals surface area (Å²) in [5.74, 6) is 1.05. The number of pyridine rings is 1. The first-order valence-electron chi connectivity index (χ1n) is 6.80. The van der Waals surface area contributed by atoms with E-state index in [4.69, 9.17) is 9.84 Å². The first-order chi connectivity index (χ1) is 9.20. The largest absolute Gasteiger partial charge is 0.396 e. The molecule has 0 radical (unpaired) electrons. The summed E-state index contributed by atoms with van der Waals surface area (Å²) in [6.07, 6.45) is 4.99. The third kappa shape index (κ3) is 4.16. The van der Waals surface area contributed by atoms with Crippen molar-refractivity contribution < 1.29 is 9.84 Å². The molecule has 2 rings (SSSR count). The Morgan fingerprint density at radius 2 is 2.21 bits per heavy atom. The number of ether oxygens (including phenoxy) is 1. The number of aromatic nitrogens is 1. The van der Waals surface area contributed by atoms with Crippen molar-refractivity contribution in [2.45, 2.75) is 32.3 Å². The van der Waals surface area contributed by atoms with Crippen LogP contribution in [-0.4, -0.2) is 42.5 Å². The highest BCUT2D eigenvalue weighted by Gasteiger charge is 2.20. The number of halogens is 1. The standard InChI is InChI=1S/C14H21BrN2O2/c1-11-9-14(16-10-13(11)15)17-5-3-12(4-6-17)19-8-2-7-18/h9-10,12,18H,2-8H2,1H3. The lowest BCUT2D eigenvalue weighted by atomic mass is 10.1. The molecule has 106 valence electrons. The fourth-order valence-electron chi connectivity index (χ4n) is 2.26. The summed E-state index contributed by atoms with van der Waals surface area (Å²) in [7, 11) is 0. The van der Waals surface area contributed by atoms with E-state index in [2.05, 4.69) is 38.8 Å². The fraction of sp³-hybridized carbons (Fsp3) is 0.643. The Morgan fingerprint density at radius 1 is 1.47 bits per heavy atom. The summed E-state index contributed by atoms with van der Waals surface area (Å²) in [5, 5.41) is 8.73. The zero-order chi connectivity index (χ0) is 13.7. The molecule has 1 aromatic heterocycles. The van der Waals surface area contributed by atoms with Gasteiger partial charge < -0.3 is 14.7 Å². The summed E-state index contributed by atoms with van der Waals surface area (Å²) in [4.78, 5) is 6.78. The molecule has 19 heavy (non-hydrogen) atoms. The van der Waals surface area contributed by atoms with E-state index in [-0.39, 0.29) is 6.61 Å². The molecule has 1 aromatic rings. The Labute approximate surface area is 122 Å². The third-order valence-corrected chi connectivity index (χ3v) is 4.28. The van der Waals surface area contributed by atoms with Crippen LogP contribution in [0.25, 0.3) is 0 Å². The molecule has 0 unspecified atom stereocenters. The van der Waals surface area contributed by atoms with Crippen LogP contribution in [0, 0.1) is 6.92 Å². The molecule has 0 saturated carbocycles. The van der Waals surface area contributed by atoms with Crippen molar-refractivity contribution in [1.29, 1.82) is 0 Å². The van der Waals surface area contributed by atoms with Gasteiger partial charge in [-0.3, -0.25) is 0 Å². The van der Waals surface area contributed by atoms with Crippen LogP contribution >= 0.6 is 15.9 Å². The molecule has 1 aliphatic rings. The number of aliphatic hydroxyl groups is 1. The number of aryl methyl sites for hydroxylation is 1. The van der Waals surface area contributed by atoms with Gasteiger partial charge in [-0.25, -0.2) is 4.98 Å². The normalized spacial score (nSPS) is 16.9. The van der Waals surface area contributed by atoms with E-state index < -0.39 is 0 Å². The van der Waals surface area contributed by atoms with E-state index in [0.717, 1.165) is 42.6 Å². The molecule has 1 saturated heterocycles. The van der Waals surface area contributed by atoms with Crippen LogP contribution in [0.2, 0.25) is 0 Å². The highest BCUT2D eigenvalue weighted by molar-refractivity contribution is 9.10. The van der Waals surface area contributed by atoms with E-state index in [1.807, 2.05) is 6.20 Å². The second-order valence-electron chi connectivity index (χ2n) is 4.93. The van der Waals surface area contributed by atoms with Gasteiger partial charge in [-0.05, 0) is 53.7 Å². The van der Waals surface area contributed by atoms with E-state index in [1.54, 1.807) is 0 Å². The molecule has 0 aromatic carbocycles. The van der Waals surface area contributed by atoms with E-state index in [0.29, 0.717) is 12.7 Å². The summed E-state index contributed by atoms with van der Waals surface area (Å²) >= 11 is 3.48. The minimum atomic E-state index is 0.209. The van der Waals surface area contributed by atoms with Crippen LogP contribution < -0.4 is 4.90 Å². The summed E-state index contributed by atoms with van der Waals surface area (Å²) in [5.41, 5.74) is 1.21. The van der Waals surface area contributed by atoms with E-state index >= 15 is 0 Å². The lowest BCUT2D eigenvalue weighted by molar-refractivity contribution is 0.0293. The topological polar surface area (TPSA) is 45.6 Å². The number of aliphatic hydroxyl groups excluding tert-OH is 1. The van der Waals surface area contributed by atoms with Gasteiger partial charge in [0.25, 0.3) is 0 Å². The molecule has 4 nitrogen and oxygen atoms in total. The number of hydrogen-bond donors (Lipinski definition) is 1. The SMILES string of the molecule is Cc1cc(N2CCC(OCCCO)CC2)ncc1Br. The van der Waals surface area contributed by atoms with Gasteiger partial charge in [0.05, 0.1) is 6.10 Å². The average Bonchev–Trinajstić information content (AvgIpc) is 2.43. The van der Waals surface area contributed by atoms with Crippen molar-refractivity contribution in [3.63, 3.8) is 0 Å². The lowest BCUT2D eigenvalue weighted by Crippen LogP contribution is -2.37. The van der Waals surface area contributed by atoms with Gasteiger partial charge >= 0.3 is 0 Å². The van der Waals surface area contributed by atoms with Gasteiger partial charge in [-0.15, -0.1) is 0 Å². The highest BCUT2D eigenvalue weighted by atomic mass is 79.9. The van der Waals surface area contributed by atoms with Gasteiger partial charge in [0.1, 0.15) is 5.82 Å². The van der Waals surface area contributed by atoms with Crippen molar-refractivity contribution in [3.8, 4) is 0 Å². The minimum absolute atomic E-state index is 0.209. The van der Waals surface area contributed by atoms with Gasteiger partial charge in [-0.2, -0.15) is 0 Å². The van der Waals surface area contributed by atoms with Crippen LogP contribution in [0.3, 0.4) is 0 Å². The predicted octanol–water partition coefficient (Wildman–Crippen LogP) is 2.52. The van der Waals surface area contributed by atoms with Gasteiger partial charge in [0, 0.05) is 37.0 Å². The highest BCUT2D eigenvalue weighted by Crippen LogP contribution is 2.23. The zero-order valence-corrected chi connectivity index (χ0v) is 12.9. The third-order valence-electron chi connectivity index (χ3n) is 3.45. The molecule has 1 aliphatic heterocycles. The molecule has 1 N–H and O–H groups in total. The van der Waals surface area contributed by atoms with Crippen molar-refractivity contribution in [1.82, 2.24) is 4.98 Å². The Morgan fingerprint density at radius 3 is 2.84 bits per heavy atom. The maximum atomic E-state index is 8.73. The maximum absolute atomic E-state index is 8.73. The van der Waals surface area contributed by atoms with Crippen molar-refractivity contribution in [3.05, 3.63) is 22.3 Å². The first-order valence-corrected chi connectivity index (χ1v) is 7.59. The zero-order valence-electron chi connectivity index (χ0n) is 11.3. The van der Waals surface area contributed by atoms with Gasteiger partial charge in [0.2, 0.25) is 0 Å². The second kappa shape index (κ2) is 7.22. The van der Waals surface area contributed by atoms with Crippen LogP contribution in [0.15, 0.2) is 16.7 Å². The molecule has 2 heterocycles. The maximum Gasteiger partial charge on any atom is 0.128 e. The Hall–Kier alpha value is -0.650. The van der Waals surface area contributed by atoms with E-state index in [9.17, 15) is 0 Å². The molecular formula is C14H21BrN2O2. The number of anilines is 1. The summed E-state index contributed by atoms with van der Waals surface area (Å²) in [6.45, 7) is 4.92. The van der Waals surface area contributed by atoms with Crippen LogP contribution in [0.5, 0.6) is 0 Å². The quantitative estimate of drug-likeness (QED) is 0.843. The summed E-state index contributed by atoms with van der Waals surface area (Å²) in [6, 6.07) is 2.12. The smallest absolute Gasteiger partial charge is 0.128 e. The minimum Gasteiger partial charge on any atom is -0.396 e. The average molecular weight is 329 g/mol.